The van der Waals surface area contributed by atoms with Gasteiger partial charge in [0.05, 0.1) is 37.1 Å². The van der Waals surface area contributed by atoms with Crippen LogP contribution in [0.1, 0.15) is 22.9 Å². The van der Waals surface area contributed by atoms with Gasteiger partial charge in [-0.05, 0) is 36.6 Å². The van der Waals surface area contributed by atoms with Crippen LogP contribution in [-0.4, -0.2) is 31.7 Å². The number of rotatable bonds is 4. The quantitative estimate of drug-likeness (QED) is 0.560. The van der Waals surface area contributed by atoms with E-state index in [1.807, 2.05) is 46.8 Å². The zero-order valence-electron chi connectivity index (χ0n) is 15.2. The smallest absolute Gasteiger partial charge is 0.143 e. The van der Waals surface area contributed by atoms with Crippen LogP contribution in [0.25, 0.3) is 16.9 Å². The highest BCUT2D eigenvalue weighted by atomic mass is 16.5. The second kappa shape index (κ2) is 6.09. The summed E-state index contributed by atoms with van der Waals surface area (Å²) in [5.41, 5.74) is 6.45. The number of fused-ring (bicyclic) bond motifs is 1. The first-order valence-electron chi connectivity index (χ1n) is 8.92. The fraction of sp³-hybridized carbons (Fsp3) is 0.190. The van der Waals surface area contributed by atoms with Gasteiger partial charge in [-0.25, -0.2) is 9.67 Å². The lowest BCUT2D eigenvalue weighted by molar-refractivity contribution is 0.413. The van der Waals surface area contributed by atoms with E-state index < -0.39 is 0 Å². The van der Waals surface area contributed by atoms with Gasteiger partial charge in [-0.1, -0.05) is 35.5 Å². The molecule has 27 heavy (non-hydrogen) atoms. The number of ether oxygens (including phenoxy) is 1. The predicted octanol–water partition coefficient (Wildman–Crippen LogP) is 3.59. The molecule has 2 aromatic carbocycles. The van der Waals surface area contributed by atoms with Crippen molar-refractivity contribution in [3.05, 3.63) is 78.0 Å². The molecule has 2 aromatic heterocycles. The summed E-state index contributed by atoms with van der Waals surface area (Å²) in [6.07, 6.45) is 6.77. The number of hydrogen-bond donors (Lipinski definition) is 0. The van der Waals surface area contributed by atoms with Crippen molar-refractivity contribution in [1.29, 1.82) is 0 Å². The minimum atomic E-state index is 0.276. The Labute approximate surface area is 157 Å². The number of aromatic nitrogens is 5. The number of aryl methyl sites for hydroxylation is 1. The Morgan fingerprint density at radius 2 is 2.00 bits per heavy atom. The van der Waals surface area contributed by atoms with Crippen molar-refractivity contribution in [2.75, 3.05) is 7.11 Å². The minimum Gasteiger partial charge on any atom is -0.495 e. The molecule has 0 fully saturated rings. The van der Waals surface area contributed by atoms with Crippen LogP contribution in [0.5, 0.6) is 5.75 Å². The molecule has 1 aliphatic rings. The molecule has 1 unspecified atom stereocenters. The Morgan fingerprint density at radius 3 is 2.78 bits per heavy atom. The van der Waals surface area contributed by atoms with Crippen LogP contribution < -0.4 is 4.74 Å². The number of hydrogen-bond acceptors (Lipinski definition) is 4. The molecular weight excluding hydrogens is 338 g/mol. The second-order valence-corrected chi connectivity index (χ2v) is 6.81. The molecular formula is C21H19N5O. The maximum absolute atomic E-state index is 5.60. The van der Waals surface area contributed by atoms with E-state index in [0.29, 0.717) is 0 Å². The van der Waals surface area contributed by atoms with Gasteiger partial charge in [0.15, 0.2) is 0 Å². The molecule has 1 atom stereocenters. The molecule has 0 saturated carbocycles. The first kappa shape index (κ1) is 15.8. The van der Waals surface area contributed by atoms with E-state index in [0.717, 1.165) is 34.8 Å². The van der Waals surface area contributed by atoms with E-state index in [9.17, 15) is 0 Å². The van der Waals surface area contributed by atoms with Gasteiger partial charge in [-0.3, -0.25) is 0 Å². The van der Waals surface area contributed by atoms with Crippen molar-refractivity contribution < 1.29 is 4.74 Å². The average Bonchev–Trinajstić information content (AvgIpc) is 3.32. The lowest BCUT2D eigenvalue weighted by Gasteiger charge is -2.29. The Hall–Kier alpha value is -3.41. The van der Waals surface area contributed by atoms with Crippen molar-refractivity contribution in [2.24, 2.45) is 0 Å². The Balaban J connectivity index is 1.47. The van der Waals surface area contributed by atoms with E-state index in [4.69, 9.17) is 4.74 Å². The predicted molar refractivity (Wildman–Crippen MR) is 102 cm³/mol. The van der Waals surface area contributed by atoms with Gasteiger partial charge in [0.2, 0.25) is 0 Å². The minimum absolute atomic E-state index is 0.276. The highest BCUT2D eigenvalue weighted by molar-refractivity contribution is 5.64. The number of benzene rings is 2. The van der Waals surface area contributed by atoms with Crippen LogP contribution in [-0.2, 0) is 6.42 Å². The van der Waals surface area contributed by atoms with Crippen molar-refractivity contribution in [3.63, 3.8) is 0 Å². The van der Waals surface area contributed by atoms with Crippen LogP contribution in [0.2, 0.25) is 0 Å². The van der Waals surface area contributed by atoms with Gasteiger partial charge >= 0.3 is 0 Å². The summed E-state index contributed by atoms with van der Waals surface area (Å²) in [4.78, 5) is 4.29. The molecule has 4 aromatic rings. The average molecular weight is 357 g/mol. The molecule has 134 valence electrons. The fourth-order valence-electron chi connectivity index (χ4n) is 3.63. The van der Waals surface area contributed by atoms with Crippen LogP contribution in [0.15, 0.2) is 61.2 Å². The molecule has 6 nitrogen and oxygen atoms in total. The molecule has 1 aliphatic carbocycles. The third-order valence-corrected chi connectivity index (χ3v) is 5.12. The van der Waals surface area contributed by atoms with Gasteiger partial charge in [0, 0.05) is 11.8 Å². The first-order valence-corrected chi connectivity index (χ1v) is 8.92. The third-order valence-electron chi connectivity index (χ3n) is 5.12. The van der Waals surface area contributed by atoms with E-state index in [1.54, 1.807) is 13.4 Å². The summed E-state index contributed by atoms with van der Waals surface area (Å²) >= 11 is 0. The van der Waals surface area contributed by atoms with E-state index >= 15 is 0 Å². The Bertz CT molecular complexity index is 1130. The molecule has 0 bridgehead atoms. The Morgan fingerprint density at radius 1 is 1.11 bits per heavy atom. The molecule has 6 heteroatoms. The highest BCUT2D eigenvalue weighted by Gasteiger charge is 2.28. The van der Waals surface area contributed by atoms with Crippen molar-refractivity contribution in [2.45, 2.75) is 19.4 Å². The molecule has 5 rings (SSSR count). The highest BCUT2D eigenvalue weighted by Crippen LogP contribution is 2.36. The molecule has 0 amide bonds. The summed E-state index contributed by atoms with van der Waals surface area (Å²) in [5.74, 6) is 0.772. The Kier molecular flexibility index (Phi) is 3.57. The summed E-state index contributed by atoms with van der Waals surface area (Å²) < 4.78 is 9.51. The van der Waals surface area contributed by atoms with Gasteiger partial charge in [-0.15, -0.1) is 5.10 Å². The normalized spacial score (nSPS) is 15.3. The molecule has 0 N–H and O–H groups in total. The zero-order chi connectivity index (χ0) is 18.4. The van der Waals surface area contributed by atoms with Gasteiger partial charge in [0.25, 0.3) is 0 Å². The first-order chi connectivity index (χ1) is 13.2. The molecule has 0 aliphatic heterocycles. The molecule has 0 spiro atoms. The van der Waals surface area contributed by atoms with E-state index in [-0.39, 0.29) is 6.04 Å². The topological polar surface area (TPSA) is 57.8 Å². The van der Waals surface area contributed by atoms with Gasteiger partial charge < -0.3 is 9.30 Å². The zero-order valence-corrected chi connectivity index (χ0v) is 15.2. The molecule has 2 heterocycles. The number of imidazole rings is 1. The van der Waals surface area contributed by atoms with Crippen molar-refractivity contribution in [3.8, 4) is 22.7 Å². The maximum atomic E-state index is 5.60. The molecule has 0 saturated heterocycles. The lowest BCUT2D eigenvalue weighted by Crippen LogP contribution is -2.24. The number of nitrogens with zero attached hydrogens (tertiary/aromatic N) is 5. The van der Waals surface area contributed by atoms with Crippen LogP contribution in [0.4, 0.5) is 0 Å². The standard InChI is InChI=1S/C21H19N5O/c1-14-11-25(13-22-14)19-8-7-16(10-21(19)27-2)18-12-26(24-23-18)20-9-15-5-3-4-6-17(15)20/h3-8,10-13,20H,9H2,1-2H3. The van der Waals surface area contributed by atoms with Crippen molar-refractivity contribution >= 4 is 0 Å². The lowest BCUT2D eigenvalue weighted by atomic mass is 9.83. The second-order valence-electron chi connectivity index (χ2n) is 6.81. The van der Waals surface area contributed by atoms with Gasteiger partial charge in [0.1, 0.15) is 11.4 Å². The third kappa shape index (κ3) is 2.61. The van der Waals surface area contributed by atoms with Crippen molar-refractivity contribution in [1.82, 2.24) is 24.5 Å². The van der Waals surface area contributed by atoms with Crippen LogP contribution in [0.3, 0.4) is 0 Å². The van der Waals surface area contributed by atoms with Crippen LogP contribution in [0, 0.1) is 6.92 Å². The number of methoxy groups -OCH3 is 1. The summed E-state index contributed by atoms with van der Waals surface area (Å²) in [6.45, 7) is 1.97. The summed E-state index contributed by atoms with van der Waals surface area (Å²) in [6, 6.07) is 14.8. The summed E-state index contributed by atoms with van der Waals surface area (Å²) in [5, 5.41) is 8.75. The SMILES string of the molecule is COc1cc(-c2cn(C3Cc4ccccc43)nn2)ccc1-n1cnc(C)c1. The molecule has 0 radical (unpaired) electrons. The van der Waals surface area contributed by atoms with Gasteiger partial charge in [-0.2, -0.15) is 0 Å². The largest absolute Gasteiger partial charge is 0.495 e. The van der Waals surface area contributed by atoms with E-state index in [1.165, 1.54) is 11.1 Å². The maximum Gasteiger partial charge on any atom is 0.143 e. The monoisotopic (exact) mass is 357 g/mol. The fourth-order valence-corrected chi connectivity index (χ4v) is 3.63. The summed E-state index contributed by atoms with van der Waals surface area (Å²) in [7, 11) is 1.68. The van der Waals surface area contributed by atoms with Crippen LogP contribution >= 0.6 is 0 Å². The van der Waals surface area contributed by atoms with E-state index in [2.05, 4.69) is 39.6 Å².